The van der Waals surface area contributed by atoms with Gasteiger partial charge in [0.25, 0.3) is 0 Å². The Labute approximate surface area is 125 Å². The minimum Gasteiger partial charge on any atom is -0.393 e. The number of fused-ring (bicyclic) bond motifs is 5. The summed E-state index contributed by atoms with van der Waals surface area (Å²) in [5.41, 5.74) is 0.931. The number of allylic oxidation sites excluding steroid dienone is 1. The molecule has 0 heterocycles. The van der Waals surface area contributed by atoms with Gasteiger partial charge in [-0.25, -0.2) is 4.39 Å². The molecule has 0 radical (unpaired) electrons. The van der Waals surface area contributed by atoms with Crippen molar-refractivity contribution in [1.29, 1.82) is 0 Å². The highest BCUT2D eigenvalue weighted by molar-refractivity contribution is 5.95. The Kier molecular flexibility index (Phi) is 3.08. The molecule has 0 saturated heterocycles. The fourth-order valence-corrected chi connectivity index (χ4v) is 6.21. The molecule has 21 heavy (non-hydrogen) atoms. The minimum absolute atomic E-state index is 0.0887. The van der Waals surface area contributed by atoms with Gasteiger partial charge in [0.05, 0.1) is 6.10 Å². The summed E-state index contributed by atoms with van der Waals surface area (Å²) in [6, 6.07) is 0. The smallest absolute Gasteiger partial charge is 0.191 e. The van der Waals surface area contributed by atoms with Gasteiger partial charge >= 0.3 is 0 Å². The number of rotatable bonds is 0. The number of halogens is 1. The normalized spacial score (nSPS) is 49.7. The highest BCUT2D eigenvalue weighted by Gasteiger charge is 2.56. The quantitative estimate of drug-likeness (QED) is 0.737. The number of aliphatic hydroxyl groups is 1. The van der Waals surface area contributed by atoms with Crippen molar-refractivity contribution in [2.75, 3.05) is 0 Å². The lowest BCUT2D eigenvalue weighted by molar-refractivity contribution is -0.118. The molecule has 4 aliphatic carbocycles. The molecule has 0 amide bonds. The van der Waals surface area contributed by atoms with Crippen molar-refractivity contribution in [3.63, 3.8) is 0 Å². The van der Waals surface area contributed by atoms with Gasteiger partial charge in [0.15, 0.2) is 11.6 Å². The van der Waals surface area contributed by atoms with Gasteiger partial charge in [-0.2, -0.15) is 0 Å². The van der Waals surface area contributed by atoms with Crippen molar-refractivity contribution in [1.82, 2.24) is 0 Å². The molecule has 6 atom stereocenters. The van der Waals surface area contributed by atoms with Crippen molar-refractivity contribution < 1.29 is 14.3 Å². The summed E-state index contributed by atoms with van der Waals surface area (Å²) in [7, 11) is 0. The largest absolute Gasteiger partial charge is 0.393 e. The molecule has 0 aromatic rings. The maximum absolute atomic E-state index is 14.2. The molecule has 1 N–H and O–H groups in total. The van der Waals surface area contributed by atoms with E-state index in [4.69, 9.17) is 0 Å². The van der Waals surface area contributed by atoms with Gasteiger partial charge in [0, 0.05) is 6.42 Å². The highest BCUT2D eigenvalue weighted by Crippen LogP contribution is 2.62. The second-order valence-electron chi connectivity index (χ2n) is 8.02. The zero-order chi connectivity index (χ0) is 14.8. The average molecular weight is 292 g/mol. The van der Waals surface area contributed by atoms with Crippen LogP contribution in [0.4, 0.5) is 4.39 Å². The predicted molar refractivity (Wildman–Crippen MR) is 78.2 cm³/mol. The molecule has 0 aliphatic heterocycles. The lowest BCUT2D eigenvalue weighted by Crippen LogP contribution is -2.47. The molecule has 2 nitrogen and oxygen atoms in total. The van der Waals surface area contributed by atoms with Gasteiger partial charge < -0.3 is 5.11 Å². The third-order valence-corrected chi connectivity index (χ3v) is 7.36. The zero-order valence-corrected chi connectivity index (χ0v) is 12.8. The Bertz CT molecular complexity index is 511. The van der Waals surface area contributed by atoms with E-state index in [2.05, 4.69) is 6.92 Å². The van der Waals surface area contributed by atoms with Crippen LogP contribution < -0.4 is 0 Å². The SMILES string of the molecule is CC12CCC3C4CCC(=O)C(F)=C4CCC3C1CCC2O. The molecular weight excluding hydrogens is 267 g/mol. The molecule has 6 unspecified atom stereocenters. The lowest BCUT2D eigenvalue weighted by Gasteiger charge is -2.53. The van der Waals surface area contributed by atoms with E-state index < -0.39 is 5.83 Å². The van der Waals surface area contributed by atoms with Gasteiger partial charge in [0.1, 0.15) is 0 Å². The van der Waals surface area contributed by atoms with Gasteiger partial charge in [-0.05, 0) is 79.6 Å². The fraction of sp³-hybridized carbons (Fsp3) is 0.833. The second kappa shape index (κ2) is 4.65. The monoisotopic (exact) mass is 292 g/mol. The maximum atomic E-state index is 14.2. The summed E-state index contributed by atoms with van der Waals surface area (Å²) < 4.78 is 14.2. The molecule has 3 fully saturated rings. The first-order chi connectivity index (χ1) is 10.0. The van der Waals surface area contributed by atoms with E-state index >= 15 is 0 Å². The van der Waals surface area contributed by atoms with E-state index in [0.29, 0.717) is 30.1 Å². The van der Waals surface area contributed by atoms with Gasteiger partial charge in [0.2, 0.25) is 0 Å². The van der Waals surface area contributed by atoms with Crippen LogP contribution >= 0.6 is 0 Å². The van der Waals surface area contributed by atoms with Gasteiger partial charge in [-0.3, -0.25) is 4.79 Å². The van der Waals surface area contributed by atoms with Crippen LogP contribution in [-0.4, -0.2) is 17.0 Å². The number of Topliss-reactive ketones (excluding diaryl/α,β-unsaturated/α-hetero) is 1. The zero-order valence-electron chi connectivity index (χ0n) is 12.8. The number of carbonyl (C=O) groups excluding carboxylic acids is 1. The van der Waals surface area contributed by atoms with E-state index in [9.17, 15) is 14.3 Å². The molecule has 116 valence electrons. The summed E-state index contributed by atoms with van der Waals surface area (Å²) in [4.78, 5) is 11.6. The van der Waals surface area contributed by atoms with Crippen LogP contribution in [0.3, 0.4) is 0 Å². The summed E-state index contributed by atoms with van der Waals surface area (Å²) in [5.74, 6) is 1.44. The number of aliphatic hydroxyl groups excluding tert-OH is 1. The van der Waals surface area contributed by atoms with Crippen LogP contribution in [0.2, 0.25) is 0 Å². The van der Waals surface area contributed by atoms with Crippen LogP contribution in [-0.2, 0) is 4.79 Å². The molecule has 3 saturated carbocycles. The van der Waals surface area contributed by atoms with Crippen LogP contribution in [0, 0.1) is 29.1 Å². The van der Waals surface area contributed by atoms with Crippen molar-refractivity contribution in [3.8, 4) is 0 Å². The van der Waals surface area contributed by atoms with Crippen molar-refractivity contribution in [2.45, 2.75) is 64.4 Å². The minimum atomic E-state index is -0.399. The van der Waals surface area contributed by atoms with E-state index in [0.717, 1.165) is 50.5 Å². The number of ketones is 1. The molecule has 0 aromatic carbocycles. The van der Waals surface area contributed by atoms with Crippen molar-refractivity contribution >= 4 is 5.78 Å². The number of hydrogen-bond acceptors (Lipinski definition) is 2. The molecule has 0 aromatic heterocycles. The molecule has 4 aliphatic rings. The van der Waals surface area contributed by atoms with Crippen LogP contribution in [0.5, 0.6) is 0 Å². The third kappa shape index (κ3) is 1.82. The van der Waals surface area contributed by atoms with Crippen molar-refractivity contribution in [3.05, 3.63) is 11.4 Å². The topological polar surface area (TPSA) is 37.3 Å². The first-order valence-electron chi connectivity index (χ1n) is 8.62. The standard InChI is InChI=1S/C18H25FO2/c1-18-9-8-11-10-4-6-15(20)17(19)13(10)3-2-12(11)14(18)5-7-16(18)21/h10-12,14,16,21H,2-9H2,1H3. The Morgan fingerprint density at radius 2 is 1.90 bits per heavy atom. The summed E-state index contributed by atoms with van der Waals surface area (Å²) in [5, 5.41) is 10.4. The maximum Gasteiger partial charge on any atom is 0.191 e. The van der Waals surface area contributed by atoms with Crippen LogP contribution in [0.15, 0.2) is 11.4 Å². The average Bonchev–Trinajstić information content (AvgIpc) is 2.78. The second-order valence-corrected chi connectivity index (χ2v) is 8.02. The summed E-state index contributed by atoms with van der Waals surface area (Å²) >= 11 is 0. The van der Waals surface area contributed by atoms with E-state index in [-0.39, 0.29) is 17.3 Å². The van der Waals surface area contributed by atoms with E-state index in [1.54, 1.807) is 0 Å². The highest BCUT2D eigenvalue weighted by atomic mass is 19.1. The Hall–Kier alpha value is -0.700. The first-order valence-corrected chi connectivity index (χ1v) is 8.62. The van der Waals surface area contributed by atoms with Gasteiger partial charge in [-0.1, -0.05) is 6.92 Å². The Morgan fingerprint density at radius 3 is 2.71 bits per heavy atom. The van der Waals surface area contributed by atoms with Crippen LogP contribution in [0.1, 0.15) is 58.3 Å². The Balaban J connectivity index is 1.66. The Morgan fingerprint density at radius 1 is 1.10 bits per heavy atom. The summed E-state index contributed by atoms with van der Waals surface area (Å²) in [6.07, 6.45) is 7.13. The predicted octanol–water partition coefficient (Wildman–Crippen LogP) is 3.79. The van der Waals surface area contributed by atoms with Crippen molar-refractivity contribution in [2.24, 2.45) is 29.1 Å². The molecule has 0 spiro atoms. The summed E-state index contributed by atoms with van der Waals surface area (Å²) in [6.45, 7) is 2.27. The number of carbonyl (C=O) groups is 1. The molecule has 4 rings (SSSR count). The van der Waals surface area contributed by atoms with E-state index in [1.807, 2.05) is 0 Å². The third-order valence-electron chi connectivity index (χ3n) is 7.36. The van der Waals surface area contributed by atoms with Gasteiger partial charge in [-0.15, -0.1) is 0 Å². The fourth-order valence-electron chi connectivity index (χ4n) is 6.21. The molecular formula is C18H25FO2. The first kappa shape index (κ1) is 13.9. The van der Waals surface area contributed by atoms with E-state index in [1.165, 1.54) is 0 Å². The lowest BCUT2D eigenvalue weighted by atomic mass is 9.52. The molecule has 3 heteroatoms. The molecule has 0 bridgehead atoms. The number of hydrogen-bond donors (Lipinski definition) is 1. The van der Waals surface area contributed by atoms with Crippen LogP contribution in [0.25, 0.3) is 0 Å².